The molecule has 2 aliphatic rings. The van der Waals surface area contributed by atoms with Gasteiger partial charge >= 0.3 is 0 Å². The Bertz CT molecular complexity index is 5140. The van der Waals surface area contributed by atoms with E-state index < -0.39 is 0 Å². The van der Waals surface area contributed by atoms with Gasteiger partial charge in [-0.25, -0.2) is 20.0 Å². The Morgan fingerprint density at radius 3 is 2.12 bits per heavy atom. The minimum atomic E-state index is -0.195. The Hall–Kier alpha value is -12.1. The zero-order valence-electron chi connectivity index (χ0n) is 50.6. The molecule has 1 unspecified atom stereocenters. The van der Waals surface area contributed by atoms with Crippen molar-refractivity contribution in [3.8, 4) is 11.3 Å². The first-order valence-electron chi connectivity index (χ1n) is 29.9. The molecule has 91 heavy (non-hydrogen) atoms. The van der Waals surface area contributed by atoms with Gasteiger partial charge in [-0.2, -0.15) is 0 Å². The van der Waals surface area contributed by atoms with Crippen LogP contribution in [0.15, 0.2) is 309 Å². The van der Waals surface area contributed by atoms with Crippen LogP contribution in [0.1, 0.15) is 84.1 Å². The van der Waals surface area contributed by atoms with Crippen LogP contribution in [-0.2, 0) is 6.42 Å². The van der Waals surface area contributed by atoms with Gasteiger partial charge in [-0.05, 0) is 165 Å². The van der Waals surface area contributed by atoms with Crippen LogP contribution in [0.3, 0.4) is 0 Å². The average Bonchev–Trinajstić information content (AvgIpc) is 2.02. The van der Waals surface area contributed by atoms with E-state index in [2.05, 4.69) is 82.2 Å². The summed E-state index contributed by atoms with van der Waals surface area (Å²) in [5.74, 6) is 0.612. The Kier molecular flexibility index (Phi) is 16.6. The quantitative estimate of drug-likeness (QED) is 0.0429. The number of aromatic nitrogens is 6. The molecule has 0 radical (unpaired) electrons. The van der Waals surface area contributed by atoms with E-state index in [1.165, 1.54) is 0 Å². The molecule has 2 aliphatic carbocycles. The maximum atomic E-state index is 7.41. The van der Waals surface area contributed by atoms with Crippen molar-refractivity contribution in [3.05, 3.63) is 335 Å². The molecule has 0 saturated carbocycles. The van der Waals surface area contributed by atoms with Gasteiger partial charge in [0.1, 0.15) is 22.4 Å². The van der Waals surface area contributed by atoms with Crippen LogP contribution in [0.2, 0.25) is 0 Å². The molecule has 3 aromatic carbocycles. The minimum Gasteiger partial charge on any atom is -0.454 e. The van der Waals surface area contributed by atoms with E-state index in [0.29, 0.717) is 85.4 Å². The second-order valence-corrected chi connectivity index (χ2v) is 22.0. The first kappa shape index (κ1) is 58.0. The number of pyridine rings is 6. The summed E-state index contributed by atoms with van der Waals surface area (Å²) < 4.78 is 14.2. The van der Waals surface area contributed by atoms with Crippen LogP contribution in [0.4, 0.5) is 0 Å². The SMILES string of the molecule is C=C(N=C(/C(=C(\N)c1ccncc1)c1ccc2oc3c(-c4nc(C5=CC=CC=C=C5)cc5c4oc4ccc(CC(=NC(=NC(C)c6ccncc6)c6ccccc6)c6ccncc6)cc45)cc(C4=C=CC=C(C)C=C4)nc3c2c1)c1ccncc1)/C(C)=C/C=C\C. The van der Waals surface area contributed by atoms with Crippen molar-refractivity contribution >= 4 is 83.7 Å². The summed E-state index contributed by atoms with van der Waals surface area (Å²) in [6.07, 6.45) is 38.4. The van der Waals surface area contributed by atoms with Crippen molar-refractivity contribution < 1.29 is 8.83 Å². The number of rotatable bonds is 16. The second kappa shape index (κ2) is 26.1. The Balaban J connectivity index is 1.03. The molecule has 0 spiro atoms. The molecule has 0 bridgehead atoms. The molecule has 438 valence electrons. The molecule has 12 heteroatoms. The van der Waals surface area contributed by atoms with E-state index in [1.54, 1.807) is 49.6 Å². The number of nitrogens with zero attached hydrogens (tertiary/aromatic N) is 9. The summed E-state index contributed by atoms with van der Waals surface area (Å²) in [4.78, 5) is 44.4. The Morgan fingerprint density at radius 2 is 1.36 bits per heavy atom. The van der Waals surface area contributed by atoms with Gasteiger partial charge in [-0.1, -0.05) is 103 Å². The molecule has 13 rings (SSSR count). The lowest BCUT2D eigenvalue weighted by atomic mass is 9.91. The van der Waals surface area contributed by atoms with Crippen LogP contribution in [0, 0.1) is 0 Å². The molecular formula is C79H60N10O2. The number of fused-ring (bicyclic) bond motifs is 6. The van der Waals surface area contributed by atoms with Gasteiger partial charge in [0.05, 0.1) is 40.1 Å². The van der Waals surface area contributed by atoms with E-state index >= 15 is 0 Å². The molecule has 1 atom stereocenters. The smallest absolute Gasteiger partial charge is 0.163 e. The van der Waals surface area contributed by atoms with Crippen molar-refractivity contribution in [2.45, 2.75) is 40.2 Å². The fourth-order valence-electron chi connectivity index (χ4n) is 11.0. The average molecular weight is 1180 g/mol. The lowest BCUT2D eigenvalue weighted by Gasteiger charge is -2.17. The van der Waals surface area contributed by atoms with E-state index in [-0.39, 0.29) is 6.04 Å². The molecule has 8 aromatic heterocycles. The summed E-state index contributed by atoms with van der Waals surface area (Å²) in [6, 6.07) is 42.0. The van der Waals surface area contributed by atoms with Crippen LogP contribution in [-0.4, -0.2) is 47.2 Å². The van der Waals surface area contributed by atoms with Gasteiger partial charge in [0.25, 0.3) is 0 Å². The lowest BCUT2D eigenvalue weighted by Crippen LogP contribution is -2.12. The normalized spacial score (nSPS) is 14.5. The molecule has 8 heterocycles. The zero-order chi connectivity index (χ0) is 62.2. The maximum absolute atomic E-state index is 7.41. The molecule has 11 aromatic rings. The topological polar surface area (TPSA) is 167 Å². The highest BCUT2D eigenvalue weighted by Gasteiger charge is 2.26. The summed E-state index contributed by atoms with van der Waals surface area (Å²) in [5, 5.41) is 2.48. The Labute approximate surface area is 526 Å². The highest BCUT2D eigenvalue weighted by molar-refractivity contribution is 6.37. The summed E-state index contributed by atoms with van der Waals surface area (Å²) in [7, 11) is 0. The summed E-state index contributed by atoms with van der Waals surface area (Å²) in [6.45, 7) is 12.5. The van der Waals surface area contributed by atoms with Crippen LogP contribution in [0.25, 0.3) is 77.7 Å². The number of hydrogen-bond donors (Lipinski definition) is 1. The number of benzene rings is 3. The third-order valence-electron chi connectivity index (χ3n) is 15.8. The molecule has 2 N–H and O–H groups in total. The number of aliphatic imine (C=N–C) groups is 3. The van der Waals surface area contributed by atoms with Gasteiger partial charge in [0.15, 0.2) is 17.0 Å². The van der Waals surface area contributed by atoms with Crippen LogP contribution in [0.5, 0.6) is 0 Å². The second-order valence-electron chi connectivity index (χ2n) is 22.0. The standard InChI is InChI=1S/C79H60N10O2/c1-6-7-17-51(3)52(4)85-74(60-35-43-84-44-36-60)72(73(80)59-33-41-83-42-34-59)62-26-28-71-65(47-62)75-78(91-71)66(49-69(87-75)57-22-15-16-50(2)23-25-57)76-77-64(48-68(88-76)56-18-11-8-9-12-19-56)63-45-54(24-27-70(63)90-77)46-67(58-31-39-82-40-32-58)89-79(61-20-13-10-14-21-61)86-53(5)55-29-37-81-38-30-55/h6-11,13-21,23-45,47-49,53H,4,46,80H2,1-3,5H3/b7-6-,51-17+,73-72-,85-74?,86-79?,89-67?. The molecule has 0 amide bonds. The lowest BCUT2D eigenvalue weighted by molar-refractivity contribution is 0.663. The van der Waals surface area contributed by atoms with Gasteiger partial charge in [-0.15, -0.1) is 11.5 Å². The molecule has 0 aliphatic heterocycles. The van der Waals surface area contributed by atoms with Crippen molar-refractivity contribution in [2.24, 2.45) is 20.7 Å². The predicted molar refractivity (Wildman–Crippen MR) is 370 cm³/mol. The van der Waals surface area contributed by atoms with Crippen LogP contribution >= 0.6 is 0 Å². The minimum absolute atomic E-state index is 0.195. The predicted octanol–water partition coefficient (Wildman–Crippen LogP) is 17.8. The van der Waals surface area contributed by atoms with Crippen molar-refractivity contribution in [1.82, 2.24) is 29.9 Å². The third-order valence-corrected chi connectivity index (χ3v) is 15.8. The first-order valence-corrected chi connectivity index (χ1v) is 29.9. The van der Waals surface area contributed by atoms with Crippen molar-refractivity contribution in [2.75, 3.05) is 0 Å². The molecule has 0 saturated heterocycles. The highest BCUT2D eigenvalue weighted by Crippen LogP contribution is 2.44. The maximum Gasteiger partial charge on any atom is 0.163 e. The largest absolute Gasteiger partial charge is 0.454 e. The van der Waals surface area contributed by atoms with Crippen molar-refractivity contribution in [1.29, 1.82) is 0 Å². The van der Waals surface area contributed by atoms with Gasteiger partial charge in [-0.3, -0.25) is 24.9 Å². The van der Waals surface area contributed by atoms with E-state index in [1.807, 2.05) is 184 Å². The Morgan fingerprint density at radius 1 is 0.659 bits per heavy atom. The monoisotopic (exact) mass is 1180 g/mol. The number of allylic oxidation sites excluding steroid dienone is 15. The van der Waals surface area contributed by atoms with Gasteiger partial charge in [0, 0.05) is 111 Å². The fourth-order valence-corrected chi connectivity index (χ4v) is 11.0. The van der Waals surface area contributed by atoms with Gasteiger partial charge < -0.3 is 14.6 Å². The van der Waals surface area contributed by atoms with E-state index in [0.717, 1.165) is 83.1 Å². The van der Waals surface area contributed by atoms with Crippen molar-refractivity contribution in [3.63, 3.8) is 0 Å². The van der Waals surface area contributed by atoms with Gasteiger partial charge in [0.2, 0.25) is 0 Å². The zero-order valence-corrected chi connectivity index (χ0v) is 50.6. The summed E-state index contributed by atoms with van der Waals surface area (Å²) >= 11 is 0. The first-order chi connectivity index (χ1) is 44.6. The molecule has 0 fully saturated rings. The number of hydrogen-bond acceptors (Lipinski definition) is 11. The van der Waals surface area contributed by atoms with E-state index in [4.69, 9.17) is 39.5 Å². The van der Waals surface area contributed by atoms with E-state index in [9.17, 15) is 0 Å². The molecular weight excluding hydrogens is 1120 g/mol. The summed E-state index contributed by atoms with van der Waals surface area (Å²) in [5.41, 5.74) is 32.6. The number of nitrogens with two attached hydrogens (primary N) is 1. The number of amidine groups is 1. The fraction of sp³-hybridized carbons (Fsp3) is 0.0759. The van der Waals surface area contributed by atoms with Crippen LogP contribution < -0.4 is 5.73 Å². The molecule has 12 nitrogen and oxygen atoms in total. The number of furan rings is 2. The highest BCUT2D eigenvalue weighted by atomic mass is 16.3. The third kappa shape index (κ3) is 12.5.